The van der Waals surface area contributed by atoms with Gasteiger partial charge in [-0.1, -0.05) is 6.07 Å². The number of H-pyrrole nitrogens is 1. The monoisotopic (exact) mass is 404 g/mol. The summed E-state index contributed by atoms with van der Waals surface area (Å²) < 4.78 is 33.1. The summed E-state index contributed by atoms with van der Waals surface area (Å²) in [6.07, 6.45) is 3.96. The van der Waals surface area contributed by atoms with Gasteiger partial charge < -0.3 is 10.1 Å². The number of nitrogens with zero attached hydrogens (tertiary/aromatic N) is 1. The zero-order valence-corrected chi connectivity index (χ0v) is 16.5. The molecule has 1 aromatic carbocycles. The Morgan fingerprint density at radius 1 is 1.32 bits per heavy atom. The number of hydrogen-bond acceptors (Lipinski definition) is 5. The van der Waals surface area contributed by atoms with E-state index in [2.05, 4.69) is 20.2 Å². The van der Waals surface area contributed by atoms with Crippen LogP contribution in [0.1, 0.15) is 53.2 Å². The number of nitrogens with one attached hydrogen (secondary N) is 3. The Morgan fingerprint density at radius 3 is 2.86 bits per heavy atom. The normalized spacial score (nSPS) is 19.7. The van der Waals surface area contributed by atoms with Crippen LogP contribution < -0.4 is 10.0 Å². The third kappa shape index (κ3) is 4.11. The fourth-order valence-electron chi connectivity index (χ4n) is 3.38. The third-order valence-electron chi connectivity index (χ3n) is 5.20. The first-order valence-electron chi connectivity index (χ1n) is 9.51. The third-order valence-corrected chi connectivity index (χ3v) is 6.62. The van der Waals surface area contributed by atoms with E-state index in [9.17, 15) is 13.2 Å². The summed E-state index contributed by atoms with van der Waals surface area (Å²) in [6.45, 7) is 2.81. The highest BCUT2D eigenvalue weighted by Gasteiger charge is 2.28. The van der Waals surface area contributed by atoms with Crippen LogP contribution in [0.5, 0.6) is 0 Å². The van der Waals surface area contributed by atoms with Gasteiger partial charge in [0, 0.05) is 35.9 Å². The molecule has 9 heteroatoms. The number of aromatic amines is 1. The van der Waals surface area contributed by atoms with Crippen molar-refractivity contribution < 1.29 is 17.9 Å². The molecule has 0 spiro atoms. The van der Waals surface area contributed by atoms with Crippen molar-refractivity contribution in [2.24, 2.45) is 0 Å². The highest BCUT2D eigenvalue weighted by molar-refractivity contribution is 7.89. The van der Waals surface area contributed by atoms with Crippen LogP contribution in [0.3, 0.4) is 0 Å². The molecule has 28 heavy (non-hydrogen) atoms. The van der Waals surface area contributed by atoms with E-state index in [0.717, 1.165) is 36.9 Å². The Balaban J connectivity index is 1.45. The van der Waals surface area contributed by atoms with Gasteiger partial charge in [-0.15, -0.1) is 0 Å². The van der Waals surface area contributed by atoms with Crippen LogP contribution in [0.2, 0.25) is 0 Å². The SMILES string of the molecule is Cc1c(NC(=O)c2cccc(S(=O)(=O)NC[C@@H]3CCCO3)c2)n[nH]c1C1CC1. The van der Waals surface area contributed by atoms with E-state index in [1.807, 2.05) is 6.92 Å². The molecule has 150 valence electrons. The molecule has 0 unspecified atom stereocenters. The summed E-state index contributed by atoms with van der Waals surface area (Å²) in [6, 6.07) is 5.98. The average molecular weight is 404 g/mol. The van der Waals surface area contributed by atoms with Crippen molar-refractivity contribution in [1.82, 2.24) is 14.9 Å². The number of sulfonamides is 1. The molecule has 1 aliphatic carbocycles. The molecule has 0 bridgehead atoms. The highest BCUT2D eigenvalue weighted by Crippen LogP contribution is 2.41. The number of ether oxygens (including phenoxy) is 1. The van der Waals surface area contributed by atoms with E-state index < -0.39 is 15.9 Å². The topological polar surface area (TPSA) is 113 Å². The number of carbonyl (C=O) groups is 1. The molecule has 1 aliphatic heterocycles. The van der Waals surface area contributed by atoms with Gasteiger partial charge in [0.2, 0.25) is 10.0 Å². The molecule has 2 aromatic rings. The fourth-order valence-corrected chi connectivity index (χ4v) is 4.49. The number of benzene rings is 1. The standard InChI is InChI=1S/C19H24N4O4S/c1-12-17(13-7-8-13)22-23-18(12)21-19(24)14-4-2-6-16(10-14)28(25,26)20-11-15-5-3-9-27-15/h2,4,6,10,13,15,20H,3,5,7-9,11H2,1H3,(H2,21,22,23,24)/t15-/m0/s1. The lowest BCUT2D eigenvalue weighted by Gasteiger charge is -2.12. The highest BCUT2D eigenvalue weighted by atomic mass is 32.2. The van der Waals surface area contributed by atoms with Gasteiger partial charge in [-0.3, -0.25) is 9.89 Å². The van der Waals surface area contributed by atoms with Crippen LogP contribution in [0.25, 0.3) is 0 Å². The van der Waals surface area contributed by atoms with Gasteiger partial charge in [0.25, 0.3) is 5.91 Å². The summed E-state index contributed by atoms with van der Waals surface area (Å²) in [5.41, 5.74) is 2.25. The smallest absolute Gasteiger partial charge is 0.256 e. The molecule has 4 rings (SSSR count). The Morgan fingerprint density at radius 2 is 2.14 bits per heavy atom. The molecule has 2 fully saturated rings. The van der Waals surface area contributed by atoms with E-state index in [-0.39, 0.29) is 23.1 Å². The van der Waals surface area contributed by atoms with E-state index >= 15 is 0 Å². The van der Waals surface area contributed by atoms with Crippen molar-refractivity contribution in [2.45, 2.75) is 49.5 Å². The Labute approximate surface area is 164 Å². The summed E-state index contributed by atoms with van der Waals surface area (Å²) >= 11 is 0. The molecular formula is C19H24N4O4S. The first-order chi connectivity index (χ1) is 13.4. The van der Waals surface area contributed by atoms with Crippen molar-refractivity contribution in [3.05, 3.63) is 41.1 Å². The van der Waals surface area contributed by atoms with Gasteiger partial charge in [-0.2, -0.15) is 5.10 Å². The average Bonchev–Trinajstić information content (AvgIpc) is 3.27. The van der Waals surface area contributed by atoms with Crippen molar-refractivity contribution in [3.63, 3.8) is 0 Å². The number of hydrogen-bond donors (Lipinski definition) is 3. The van der Waals surface area contributed by atoms with Gasteiger partial charge in [0.1, 0.15) is 0 Å². The number of amides is 1. The van der Waals surface area contributed by atoms with Crippen LogP contribution in [-0.4, -0.2) is 43.8 Å². The summed E-state index contributed by atoms with van der Waals surface area (Å²) in [5, 5.41) is 9.94. The molecule has 1 saturated heterocycles. The number of carbonyl (C=O) groups excluding carboxylic acids is 1. The van der Waals surface area contributed by atoms with Crippen LogP contribution in [0.4, 0.5) is 5.82 Å². The summed E-state index contributed by atoms with van der Waals surface area (Å²) in [7, 11) is -3.72. The van der Waals surface area contributed by atoms with Crippen molar-refractivity contribution in [1.29, 1.82) is 0 Å². The van der Waals surface area contributed by atoms with E-state index in [4.69, 9.17) is 4.74 Å². The van der Waals surface area contributed by atoms with E-state index in [1.54, 1.807) is 12.1 Å². The first-order valence-corrected chi connectivity index (χ1v) is 11.0. The second-order valence-corrected chi connectivity index (χ2v) is 9.12. The number of anilines is 1. The molecule has 1 atom stereocenters. The molecule has 1 aromatic heterocycles. The lowest BCUT2D eigenvalue weighted by atomic mass is 10.2. The predicted octanol–water partition coefficient (Wildman–Crippen LogP) is 2.31. The molecule has 3 N–H and O–H groups in total. The molecule has 1 saturated carbocycles. The van der Waals surface area contributed by atoms with E-state index in [0.29, 0.717) is 18.3 Å². The molecule has 0 radical (unpaired) electrons. The zero-order chi connectivity index (χ0) is 19.7. The minimum Gasteiger partial charge on any atom is -0.377 e. The first kappa shape index (κ1) is 19.1. The minimum absolute atomic E-state index is 0.0515. The van der Waals surface area contributed by atoms with E-state index in [1.165, 1.54) is 12.1 Å². The van der Waals surface area contributed by atoms with Gasteiger partial charge in [-0.25, -0.2) is 13.1 Å². The second-order valence-electron chi connectivity index (χ2n) is 7.35. The number of rotatable bonds is 7. The molecule has 2 aliphatic rings. The predicted molar refractivity (Wildman–Crippen MR) is 104 cm³/mol. The van der Waals surface area contributed by atoms with Gasteiger partial charge in [0.15, 0.2) is 5.82 Å². The van der Waals surface area contributed by atoms with Crippen molar-refractivity contribution >= 4 is 21.7 Å². The van der Waals surface area contributed by atoms with Crippen LogP contribution >= 0.6 is 0 Å². The molecular weight excluding hydrogens is 380 g/mol. The molecule has 2 heterocycles. The maximum absolute atomic E-state index is 12.6. The van der Waals surface area contributed by atoms with Crippen LogP contribution in [0.15, 0.2) is 29.2 Å². The van der Waals surface area contributed by atoms with Crippen molar-refractivity contribution in [2.75, 3.05) is 18.5 Å². The second kappa shape index (κ2) is 7.65. The van der Waals surface area contributed by atoms with Gasteiger partial charge >= 0.3 is 0 Å². The lowest BCUT2D eigenvalue weighted by Crippen LogP contribution is -2.32. The fraction of sp³-hybridized carbons (Fsp3) is 0.474. The summed E-state index contributed by atoms with van der Waals surface area (Å²) in [4.78, 5) is 12.7. The molecule has 1 amide bonds. The van der Waals surface area contributed by atoms with Gasteiger partial charge in [-0.05, 0) is 50.8 Å². The Bertz CT molecular complexity index is 976. The Hall–Kier alpha value is -2.23. The van der Waals surface area contributed by atoms with Crippen LogP contribution in [-0.2, 0) is 14.8 Å². The molecule has 8 nitrogen and oxygen atoms in total. The number of aromatic nitrogens is 2. The lowest BCUT2D eigenvalue weighted by molar-refractivity contribution is 0.102. The van der Waals surface area contributed by atoms with Gasteiger partial charge in [0.05, 0.1) is 11.0 Å². The maximum Gasteiger partial charge on any atom is 0.256 e. The zero-order valence-electron chi connectivity index (χ0n) is 15.7. The quantitative estimate of drug-likeness (QED) is 0.655. The Kier molecular flexibility index (Phi) is 5.22. The summed E-state index contributed by atoms with van der Waals surface area (Å²) in [5.74, 6) is 0.589. The van der Waals surface area contributed by atoms with Crippen molar-refractivity contribution in [3.8, 4) is 0 Å². The van der Waals surface area contributed by atoms with Crippen LogP contribution in [0, 0.1) is 6.92 Å². The largest absolute Gasteiger partial charge is 0.377 e. The minimum atomic E-state index is -3.72. The maximum atomic E-state index is 12.6.